The van der Waals surface area contributed by atoms with Crippen LogP contribution in [0.15, 0.2) is 72.9 Å². The van der Waals surface area contributed by atoms with Gasteiger partial charge in [0.25, 0.3) is 0 Å². The summed E-state index contributed by atoms with van der Waals surface area (Å²) in [4.78, 5) is 10.6. The van der Waals surface area contributed by atoms with E-state index in [-0.39, 0.29) is 4.69 Å². The molecule has 2 heteroatoms. The van der Waals surface area contributed by atoms with Gasteiger partial charge in [0.2, 0.25) is 4.69 Å². The van der Waals surface area contributed by atoms with E-state index in [2.05, 4.69) is 41.1 Å². The molecule has 0 bridgehead atoms. The van der Waals surface area contributed by atoms with Crippen LogP contribution in [0.4, 0.5) is 0 Å². The highest BCUT2D eigenvalue weighted by atomic mass is 79.9. The van der Waals surface area contributed by atoms with Crippen LogP contribution in [0.3, 0.4) is 0 Å². The standard InChI is InChI=1S/C22H31BrO/c1-2-3-4-5-6-7-8-9-10-11-12-13-14-15-16-17-18-19-20-21-22(23)24/h10-21H,2-9H2,1H3. The first-order valence-corrected chi connectivity index (χ1v) is 9.76. The summed E-state index contributed by atoms with van der Waals surface area (Å²) in [6.07, 6.45) is 33.9. The Kier molecular flexibility index (Phi) is 18.5. The molecule has 0 fully saturated rings. The molecule has 132 valence electrons. The van der Waals surface area contributed by atoms with Gasteiger partial charge in [-0.2, -0.15) is 0 Å². The molecule has 1 nitrogen and oxygen atoms in total. The molecule has 0 radical (unpaired) electrons. The summed E-state index contributed by atoms with van der Waals surface area (Å²) in [5.74, 6) is 0. The highest BCUT2D eigenvalue weighted by Gasteiger charge is 1.88. The second kappa shape index (κ2) is 19.6. The monoisotopic (exact) mass is 390 g/mol. The van der Waals surface area contributed by atoms with Gasteiger partial charge in [0, 0.05) is 0 Å². The van der Waals surface area contributed by atoms with Gasteiger partial charge in [-0.15, -0.1) is 0 Å². The van der Waals surface area contributed by atoms with Crippen molar-refractivity contribution in [3.8, 4) is 0 Å². The Hall–Kier alpha value is -1.41. The topological polar surface area (TPSA) is 17.1 Å². The van der Waals surface area contributed by atoms with E-state index in [9.17, 15) is 4.79 Å². The van der Waals surface area contributed by atoms with Gasteiger partial charge >= 0.3 is 0 Å². The van der Waals surface area contributed by atoms with E-state index >= 15 is 0 Å². The number of unbranched alkanes of at least 4 members (excludes halogenated alkanes) is 7. The number of halogens is 1. The van der Waals surface area contributed by atoms with E-state index in [1.807, 2.05) is 42.5 Å². The van der Waals surface area contributed by atoms with E-state index in [0.29, 0.717) is 0 Å². The molecule has 0 spiro atoms. The molecule has 0 saturated carbocycles. The van der Waals surface area contributed by atoms with Crippen LogP contribution in [-0.4, -0.2) is 4.69 Å². The van der Waals surface area contributed by atoms with E-state index in [4.69, 9.17) is 0 Å². The number of allylic oxidation sites excluding steroid dienone is 12. The van der Waals surface area contributed by atoms with Crippen LogP contribution in [0.5, 0.6) is 0 Å². The lowest BCUT2D eigenvalue weighted by Crippen LogP contribution is -1.78. The predicted molar refractivity (Wildman–Crippen MR) is 111 cm³/mol. The van der Waals surface area contributed by atoms with Crippen LogP contribution < -0.4 is 0 Å². The maximum absolute atomic E-state index is 10.6. The molecule has 0 rings (SSSR count). The third-order valence-electron chi connectivity index (χ3n) is 3.34. The van der Waals surface area contributed by atoms with Gasteiger partial charge in [0.05, 0.1) is 0 Å². The van der Waals surface area contributed by atoms with Crippen LogP contribution >= 0.6 is 15.9 Å². The number of rotatable bonds is 14. The molecular formula is C22H31BrO. The van der Waals surface area contributed by atoms with E-state index < -0.39 is 0 Å². The Bertz CT molecular complexity index is 464. The van der Waals surface area contributed by atoms with Crippen molar-refractivity contribution in [1.82, 2.24) is 0 Å². The van der Waals surface area contributed by atoms with Crippen molar-refractivity contribution in [2.75, 3.05) is 0 Å². The number of carbonyl (C=O) groups is 1. The summed E-state index contributed by atoms with van der Waals surface area (Å²) in [7, 11) is 0. The van der Waals surface area contributed by atoms with Gasteiger partial charge in [-0.05, 0) is 34.8 Å². The summed E-state index contributed by atoms with van der Waals surface area (Å²) in [6, 6.07) is 0. The second-order valence-electron chi connectivity index (χ2n) is 5.54. The summed E-state index contributed by atoms with van der Waals surface area (Å²) in [6.45, 7) is 2.26. The fourth-order valence-electron chi connectivity index (χ4n) is 2.04. The Balaban J connectivity index is 3.57. The predicted octanol–water partition coefficient (Wildman–Crippen LogP) is 7.39. The van der Waals surface area contributed by atoms with Crippen molar-refractivity contribution in [3.05, 3.63) is 72.9 Å². The van der Waals surface area contributed by atoms with E-state index in [0.717, 1.165) is 0 Å². The first-order valence-electron chi connectivity index (χ1n) is 8.96. The molecule has 0 aliphatic heterocycles. The Morgan fingerprint density at radius 3 is 1.67 bits per heavy atom. The normalized spacial score (nSPS) is 13.1. The Morgan fingerprint density at radius 1 is 0.667 bits per heavy atom. The fraction of sp³-hybridized carbons (Fsp3) is 0.409. The molecule has 0 amide bonds. The first-order chi connectivity index (χ1) is 11.8. The quantitative estimate of drug-likeness (QED) is 0.131. The summed E-state index contributed by atoms with van der Waals surface area (Å²) < 4.78 is -0.124. The summed E-state index contributed by atoms with van der Waals surface area (Å²) in [5.41, 5.74) is 0. The van der Waals surface area contributed by atoms with Crippen molar-refractivity contribution in [3.63, 3.8) is 0 Å². The second-order valence-corrected chi connectivity index (χ2v) is 6.32. The van der Waals surface area contributed by atoms with Gasteiger partial charge in [0.15, 0.2) is 0 Å². The minimum absolute atomic E-state index is 0.124. The molecule has 0 aromatic heterocycles. The lowest BCUT2D eigenvalue weighted by atomic mass is 10.1. The average molecular weight is 391 g/mol. The zero-order chi connectivity index (χ0) is 17.7. The molecule has 0 aliphatic carbocycles. The number of carbonyl (C=O) groups excluding carboxylic acids is 1. The molecule has 0 aromatic rings. The van der Waals surface area contributed by atoms with E-state index in [1.165, 1.54) is 57.4 Å². The third kappa shape index (κ3) is 20.6. The van der Waals surface area contributed by atoms with Crippen molar-refractivity contribution in [2.24, 2.45) is 0 Å². The fourth-order valence-corrected chi connectivity index (χ4v) is 2.19. The van der Waals surface area contributed by atoms with Gasteiger partial charge in [-0.25, -0.2) is 0 Å². The zero-order valence-corrected chi connectivity index (χ0v) is 16.5. The number of hydrogen-bond acceptors (Lipinski definition) is 1. The molecule has 0 aliphatic rings. The minimum atomic E-state index is -0.124. The van der Waals surface area contributed by atoms with Crippen LogP contribution in [0.2, 0.25) is 0 Å². The molecule has 24 heavy (non-hydrogen) atoms. The first kappa shape index (κ1) is 22.6. The summed E-state index contributed by atoms with van der Waals surface area (Å²) >= 11 is 2.83. The van der Waals surface area contributed by atoms with Crippen LogP contribution in [0.25, 0.3) is 0 Å². The molecule has 0 aromatic carbocycles. The molecule has 0 heterocycles. The van der Waals surface area contributed by atoms with Gasteiger partial charge in [-0.3, -0.25) is 4.79 Å². The van der Waals surface area contributed by atoms with Gasteiger partial charge < -0.3 is 0 Å². The maximum atomic E-state index is 10.6. The number of hydrogen-bond donors (Lipinski definition) is 0. The molecule has 0 saturated heterocycles. The molecule has 0 atom stereocenters. The molecule has 0 unspecified atom stereocenters. The maximum Gasteiger partial charge on any atom is 0.220 e. The van der Waals surface area contributed by atoms with Crippen LogP contribution in [-0.2, 0) is 4.79 Å². The van der Waals surface area contributed by atoms with Crippen molar-refractivity contribution >= 4 is 20.6 Å². The lowest BCUT2D eigenvalue weighted by molar-refractivity contribution is -0.106. The SMILES string of the molecule is CCCCCCCCCC=CC=CC=CC=CC=CC=CC(=O)Br. The Morgan fingerprint density at radius 2 is 1.12 bits per heavy atom. The third-order valence-corrected chi connectivity index (χ3v) is 3.60. The Labute approximate surface area is 156 Å². The van der Waals surface area contributed by atoms with Gasteiger partial charge in [0.1, 0.15) is 0 Å². The van der Waals surface area contributed by atoms with Crippen molar-refractivity contribution in [1.29, 1.82) is 0 Å². The van der Waals surface area contributed by atoms with Crippen LogP contribution in [0.1, 0.15) is 58.3 Å². The van der Waals surface area contributed by atoms with Gasteiger partial charge in [-0.1, -0.05) is 112 Å². The van der Waals surface area contributed by atoms with Crippen molar-refractivity contribution < 1.29 is 4.79 Å². The molecule has 0 N–H and O–H groups in total. The average Bonchev–Trinajstić information content (AvgIpc) is 2.56. The largest absolute Gasteiger partial charge is 0.282 e. The summed E-state index contributed by atoms with van der Waals surface area (Å²) in [5, 5.41) is 0. The smallest absolute Gasteiger partial charge is 0.220 e. The molecular weight excluding hydrogens is 360 g/mol. The van der Waals surface area contributed by atoms with Crippen molar-refractivity contribution in [2.45, 2.75) is 58.3 Å². The lowest BCUT2D eigenvalue weighted by Gasteiger charge is -1.98. The minimum Gasteiger partial charge on any atom is -0.282 e. The highest BCUT2D eigenvalue weighted by Crippen LogP contribution is 2.08. The zero-order valence-electron chi connectivity index (χ0n) is 14.9. The van der Waals surface area contributed by atoms with E-state index in [1.54, 1.807) is 6.08 Å². The highest BCUT2D eigenvalue weighted by molar-refractivity contribution is 9.18. The van der Waals surface area contributed by atoms with Crippen LogP contribution in [0, 0.1) is 0 Å².